The Labute approximate surface area is 170 Å². The predicted molar refractivity (Wildman–Crippen MR) is 107 cm³/mol. The fraction of sp³-hybridized carbons (Fsp3) is 0.524. The van der Waals surface area contributed by atoms with Gasteiger partial charge in [-0.1, -0.05) is 18.6 Å². The molecule has 0 bridgehead atoms. The summed E-state index contributed by atoms with van der Waals surface area (Å²) in [5, 5.41) is 2.79. The summed E-state index contributed by atoms with van der Waals surface area (Å²) >= 11 is 0. The summed E-state index contributed by atoms with van der Waals surface area (Å²) in [7, 11) is 0. The Morgan fingerprint density at radius 1 is 1.17 bits per heavy atom. The number of likely N-dealkylation sites (tertiary alicyclic amines) is 1. The molecular formula is C21H27N3O5. The van der Waals surface area contributed by atoms with E-state index in [1.54, 1.807) is 38.1 Å². The lowest BCUT2D eigenvalue weighted by atomic mass is 9.95. The minimum Gasteiger partial charge on any atom is -0.451 e. The minimum absolute atomic E-state index is 0.0683. The summed E-state index contributed by atoms with van der Waals surface area (Å²) in [6.45, 7) is 5.11. The largest absolute Gasteiger partial charge is 0.451 e. The molecule has 2 aliphatic rings. The van der Waals surface area contributed by atoms with Crippen LogP contribution in [0.15, 0.2) is 24.3 Å². The molecule has 1 fully saturated rings. The normalized spacial score (nSPS) is 19.7. The molecule has 1 atom stereocenters. The van der Waals surface area contributed by atoms with E-state index in [1.807, 2.05) is 0 Å². The van der Waals surface area contributed by atoms with Crippen LogP contribution in [-0.4, -0.2) is 53.3 Å². The van der Waals surface area contributed by atoms with Gasteiger partial charge in [0, 0.05) is 13.0 Å². The molecule has 1 aromatic carbocycles. The fourth-order valence-electron chi connectivity index (χ4n) is 3.67. The number of nitrogens with one attached hydrogen (secondary N) is 1. The van der Waals surface area contributed by atoms with Crippen LogP contribution in [0.25, 0.3) is 0 Å². The third-order valence-corrected chi connectivity index (χ3v) is 5.38. The zero-order chi connectivity index (χ0) is 21.2. The van der Waals surface area contributed by atoms with Gasteiger partial charge in [0.05, 0.1) is 11.4 Å². The average Bonchev–Trinajstić information content (AvgIpc) is 2.86. The number of carbonyl (C=O) groups excluding carboxylic acids is 4. The quantitative estimate of drug-likeness (QED) is 0.780. The molecule has 156 valence electrons. The van der Waals surface area contributed by atoms with Gasteiger partial charge < -0.3 is 15.0 Å². The molecule has 1 N–H and O–H groups in total. The third kappa shape index (κ3) is 4.26. The van der Waals surface area contributed by atoms with E-state index in [1.165, 1.54) is 16.7 Å². The van der Waals surface area contributed by atoms with Crippen LogP contribution < -0.4 is 10.2 Å². The highest BCUT2D eigenvalue weighted by atomic mass is 16.5. The summed E-state index contributed by atoms with van der Waals surface area (Å²) < 4.78 is 5.35. The van der Waals surface area contributed by atoms with E-state index >= 15 is 0 Å². The van der Waals surface area contributed by atoms with Crippen molar-refractivity contribution in [1.82, 2.24) is 4.90 Å². The molecule has 2 heterocycles. The Morgan fingerprint density at radius 2 is 1.90 bits per heavy atom. The second-order valence-corrected chi connectivity index (χ2v) is 7.96. The topological polar surface area (TPSA) is 96.0 Å². The number of esters is 1. The van der Waals surface area contributed by atoms with Crippen molar-refractivity contribution in [3.63, 3.8) is 0 Å². The van der Waals surface area contributed by atoms with Gasteiger partial charge in [-0.25, -0.2) is 0 Å². The van der Waals surface area contributed by atoms with Crippen molar-refractivity contribution in [3.8, 4) is 0 Å². The molecule has 29 heavy (non-hydrogen) atoms. The molecule has 8 nitrogen and oxygen atoms in total. The van der Waals surface area contributed by atoms with Crippen LogP contribution in [-0.2, 0) is 23.9 Å². The maximum Gasteiger partial charge on any atom is 0.326 e. The summed E-state index contributed by atoms with van der Waals surface area (Å²) in [4.78, 5) is 53.0. The summed E-state index contributed by atoms with van der Waals surface area (Å²) in [5.41, 5.74) is -0.0705. The first kappa shape index (κ1) is 20.8. The maximum atomic E-state index is 13.2. The van der Waals surface area contributed by atoms with Gasteiger partial charge in [-0.3, -0.25) is 24.1 Å². The van der Waals surface area contributed by atoms with E-state index < -0.39 is 23.5 Å². The second kappa shape index (κ2) is 8.23. The Balaban J connectivity index is 1.73. The Morgan fingerprint density at radius 3 is 2.66 bits per heavy atom. The highest BCUT2D eigenvalue weighted by Gasteiger charge is 2.45. The number of hydrogen-bond acceptors (Lipinski definition) is 5. The van der Waals surface area contributed by atoms with Gasteiger partial charge >= 0.3 is 5.97 Å². The number of para-hydroxylation sites is 2. The maximum absolute atomic E-state index is 13.2. The molecule has 3 rings (SSSR count). The van der Waals surface area contributed by atoms with Gasteiger partial charge in [0.15, 0.2) is 6.10 Å². The molecule has 0 saturated carbocycles. The first-order valence-electron chi connectivity index (χ1n) is 9.93. The van der Waals surface area contributed by atoms with Crippen molar-refractivity contribution >= 4 is 35.1 Å². The van der Waals surface area contributed by atoms with Crippen molar-refractivity contribution < 1.29 is 23.9 Å². The number of carbonyl (C=O) groups is 4. The van der Waals surface area contributed by atoms with E-state index in [0.29, 0.717) is 24.3 Å². The number of anilines is 2. The van der Waals surface area contributed by atoms with Crippen LogP contribution in [0.4, 0.5) is 11.4 Å². The highest BCUT2D eigenvalue weighted by Crippen LogP contribution is 2.37. The number of ether oxygens (including phenoxy) is 1. The average molecular weight is 401 g/mol. The highest BCUT2D eigenvalue weighted by molar-refractivity contribution is 6.15. The monoisotopic (exact) mass is 401 g/mol. The minimum atomic E-state index is -1.15. The van der Waals surface area contributed by atoms with Crippen molar-refractivity contribution in [2.45, 2.75) is 58.1 Å². The van der Waals surface area contributed by atoms with E-state index in [0.717, 1.165) is 19.3 Å². The van der Waals surface area contributed by atoms with Crippen molar-refractivity contribution in [3.05, 3.63) is 24.3 Å². The number of hydrogen-bond donors (Lipinski definition) is 1. The molecule has 3 amide bonds. The van der Waals surface area contributed by atoms with E-state index in [9.17, 15) is 19.2 Å². The van der Waals surface area contributed by atoms with Crippen LogP contribution in [0.3, 0.4) is 0 Å². The van der Waals surface area contributed by atoms with Gasteiger partial charge in [0.25, 0.3) is 5.91 Å². The molecule has 0 unspecified atom stereocenters. The van der Waals surface area contributed by atoms with Gasteiger partial charge in [-0.2, -0.15) is 0 Å². The number of fused-ring (bicyclic) bond motifs is 1. The van der Waals surface area contributed by atoms with E-state index in [4.69, 9.17) is 4.74 Å². The Bertz CT molecular complexity index is 835. The SMILES string of the molecule is C[C@@H](OC(=O)CN1CCCCCC1=O)C(=O)N1c2ccccc2NC(=O)C1(C)C. The number of rotatable bonds is 4. The van der Waals surface area contributed by atoms with Gasteiger partial charge in [-0.05, 0) is 45.7 Å². The van der Waals surface area contributed by atoms with Crippen molar-refractivity contribution in [2.24, 2.45) is 0 Å². The molecule has 1 aromatic rings. The van der Waals surface area contributed by atoms with Crippen LogP contribution in [0.2, 0.25) is 0 Å². The lowest BCUT2D eigenvalue weighted by Crippen LogP contribution is -2.60. The van der Waals surface area contributed by atoms with Crippen LogP contribution >= 0.6 is 0 Å². The molecule has 0 spiro atoms. The van der Waals surface area contributed by atoms with Crippen molar-refractivity contribution in [2.75, 3.05) is 23.3 Å². The van der Waals surface area contributed by atoms with Crippen LogP contribution in [0.5, 0.6) is 0 Å². The summed E-state index contributed by atoms with van der Waals surface area (Å²) in [6, 6.07) is 6.99. The second-order valence-electron chi connectivity index (χ2n) is 7.96. The lowest BCUT2D eigenvalue weighted by Gasteiger charge is -2.42. The lowest BCUT2D eigenvalue weighted by molar-refractivity contribution is -0.157. The molecule has 0 aliphatic carbocycles. The zero-order valence-corrected chi connectivity index (χ0v) is 17.1. The Hall–Kier alpha value is -2.90. The van der Waals surface area contributed by atoms with Crippen LogP contribution in [0, 0.1) is 0 Å². The molecule has 1 saturated heterocycles. The molecule has 8 heteroatoms. The predicted octanol–water partition coefficient (Wildman–Crippen LogP) is 2.08. The van der Waals surface area contributed by atoms with E-state index in [2.05, 4.69) is 5.32 Å². The molecule has 2 aliphatic heterocycles. The zero-order valence-electron chi connectivity index (χ0n) is 17.1. The molecule has 0 aromatic heterocycles. The van der Waals surface area contributed by atoms with Crippen LogP contribution in [0.1, 0.15) is 46.5 Å². The van der Waals surface area contributed by atoms with E-state index in [-0.39, 0.29) is 18.4 Å². The first-order chi connectivity index (χ1) is 13.7. The molecule has 0 radical (unpaired) electrons. The third-order valence-electron chi connectivity index (χ3n) is 5.38. The number of amides is 3. The van der Waals surface area contributed by atoms with Gasteiger partial charge in [-0.15, -0.1) is 0 Å². The summed E-state index contributed by atoms with van der Waals surface area (Å²) in [6.07, 6.45) is 1.96. The first-order valence-corrected chi connectivity index (χ1v) is 9.93. The van der Waals surface area contributed by atoms with Crippen molar-refractivity contribution in [1.29, 1.82) is 0 Å². The number of benzene rings is 1. The fourth-order valence-corrected chi connectivity index (χ4v) is 3.67. The standard InChI is InChI=1S/C21H27N3O5/c1-14(29-18(26)13-23-12-8-4-5-11-17(23)25)19(27)24-16-10-7-6-9-15(16)22-20(28)21(24,2)3/h6-7,9-10,14H,4-5,8,11-13H2,1-3H3,(H,22,28)/t14-/m1/s1. The summed E-state index contributed by atoms with van der Waals surface area (Å²) in [5.74, 6) is -1.51. The molecular weight excluding hydrogens is 374 g/mol. The smallest absolute Gasteiger partial charge is 0.326 e. The Kier molecular flexibility index (Phi) is 5.91. The number of nitrogens with zero attached hydrogens (tertiary/aromatic N) is 2. The van der Waals surface area contributed by atoms with Gasteiger partial charge in [0.1, 0.15) is 12.1 Å². The van der Waals surface area contributed by atoms with Gasteiger partial charge in [0.2, 0.25) is 11.8 Å².